The Hall–Kier alpha value is -3.31. The van der Waals surface area contributed by atoms with Crippen molar-refractivity contribution in [1.82, 2.24) is 19.3 Å². The Morgan fingerprint density at radius 3 is 2.73 bits per heavy atom. The molecule has 0 saturated carbocycles. The number of anilines is 1. The summed E-state index contributed by atoms with van der Waals surface area (Å²) in [6, 6.07) is 8.03. The van der Waals surface area contributed by atoms with Gasteiger partial charge in [-0.15, -0.1) is 11.3 Å². The van der Waals surface area contributed by atoms with E-state index in [9.17, 15) is 18.8 Å². The van der Waals surface area contributed by atoms with Gasteiger partial charge in [0.05, 0.1) is 11.0 Å². The standard InChI is InChI=1S/C22H19BrFN5O3S/c1-12-20(31)28(10-14-3-4-15(23)16(24)7-14)22(32)29-11-17(33-21(12)29)19(30)27-9-13-5-6-26-18(8-13)25-2/h3-8,11H,9-10H2,1-2H3,(H,25,26)(H,27,30). The zero-order valence-electron chi connectivity index (χ0n) is 17.7. The second kappa shape index (κ2) is 9.28. The fourth-order valence-corrected chi connectivity index (χ4v) is 4.57. The first-order valence-electron chi connectivity index (χ1n) is 9.89. The molecule has 3 heterocycles. The van der Waals surface area contributed by atoms with Crippen molar-refractivity contribution in [2.24, 2.45) is 0 Å². The van der Waals surface area contributed by atoms with Crippen LogP contribution in [0.25, 0.3) is 4.83 Å². The highest BCUT2D eigenvalue weighted by Gasteiger charge is 2.18. The molecular weight excluding hydrogens is 513 g/mol. The predicted octanol–water partition coefficient (Wildman–Crippen LogP) is 3.15. The first-order chi connectivity index (χ1) is 15.8. The fraction of sp³-hybridized carbons (Fsp3) is 0.182. The number of halogens is 2. The van der Waals surface area contributed by atoms with E-state index in [1.165, 1.54) is 22.7 Å². The number of benzene rings is 1. The van der Waals surface area contributed by atoms with Gasteiger partial charge in [0.1, 0.15) is 21.3 Å². The van der Waals surface area contributed by atoms with Crippen LogP contribution in [0.15, 0.2) is 56.8 Å². The van der Waals surface area contributed by atoms with Crippen LogP contribution in [0.2, 0.25) is 0 Å². The number of carbonyl (C=O) groups is 1. The summed E-state index contributed by atoms with van der Waals surface area (Å²) in [4.78, 5) is 43.4. The topological polar surface area (TPSA) is 97.5 Å². The average molecular weight is 532 g/mol. The van der Waals surface area contributed by atoms with Crippen molar-refractivity contribution in [3.05, 3.63) is 95.4 Å². The average Bonchev–Trinajstić information content (AvgIpc) is 3.27. The van der Waals surface area contributed by atoms with Gasteiger partial charge >= 0.3 is 5.69 Å². The third-order valence-electron chi connectivity index (χ3n) is 5.08. The first kappa shape index (κ1) is 22.9. The maximum absolute atomic E-state index is 13.9. The molecule has 11 heteroatoms. The van der Waals surface area contributed by atoms with Gasteiger partial charge in [-0.25, -0.2) is 14.2 Å². The van der Waals surface area contributed by atoms with Crippen LogP contribution in [0.3, 0.4) is 0 Å². The van der Waals surface area contributed by atoms with E-state index < -0.39 is 17.1 Å². The van der Waals surface area contributed by atoms with Crippen molar-refractivity contribution in [3.8, 4) is 0 Å². The number of hydrogen-bond donors (Lipinski definition) is 2. The third-order valence-corrected chi connectivity index (χ3v) is 6.93. The fourth-order valence-electron chi connectivity index (χ4n) is 3.32. The van der Waals surface area contributed by atoms with Crippen LogP contribution >= 0.6 is 27.3 Å². The van der Waals surface area contributed by atoms with E-state index in [1.807, 2.05) is 6.07 Å². The second-order valence-corrected chi connectivity index (χ2v) is 9.18. The highest BCUT2D eigenvalue weighted by molar-refractivity contribution is 9.10. The number of amides is 1. The van der Waals surface area contributed by atoms with E-state index in [4.69, 9.17) is 0 Å². The Kier molecular flexibility index (Phi) is 6.43. The van der Waals surface area contributed by atoms with Gasteiger partial charge < -0.3 is 10.6 Å². The van der Waals surface area contributed by atoms with Crippen LogP contribution in [0.4, 0.5) is 10.2 Å². The van der Waals surface area contributed by atoms with E-state index in [-0.39, 0.29) is 19.0 Å². The molecule has 0 bridgehead atoms. The minimum atomic E-state index is -0.591. The van der Waals surface area contributed by atoms with Crippen molar-refractivity contribution in [3.63, 3.8) is 0 Å². The van der Waals surface area contributed by atoms with Gasteiger partial charge in [0.2, 0.25) is 0 Å². The largest absolute Gasteiger partial charge is 0.373 e. The number of hydrogen-bond acceptors (Lipinski definition) is 6. The van der Waals surface area contributed by atoms with Crippen LogP contribution in [-0.2, 0) is 13.1 Å². The number of nitrogens with one attached hydrogen (secondary N) is 2. The molecule has 2 N–H and O–H groups in total. The molecule has 0 saturated heterocycles. The summed E-state index contributed by atoms with van der Waals surface area (Å²) in [5.41, 5.74) is 0.601. The van der Waals surface area contributed by atoms with Crippen LogP contribution in [0, 0.1) is 12.7 Å². The molecular formula is C22H19BrFN5O3S. The molecule has 0 aliphatic heterocycles. The molecule has 1 aromatic carbocycles. The number of pyridine rings is 1. The molecule has 0 radical (unpaired) electrons. The van der Waals surface area contributed by atoms with Crippen LogP contribution in [-0.4, -0.2) is 26.9 Å². The summed E-state index contributed by atoms with van der Waals surface area (Å²) in [6.07, 6.45) is 3.07. The summed E-state index contributed by atoms with van der Waals surface area (Å²) in [7, 11) is 1.76. The van der Waals surface area contributed by atoms with Crippen LogP contribution < -0.4 is 21.9 Å². The molecule has 0 atom stereocenters. The number of nitrogens with zero attached hydrogens (tertiary/aromatic N) is 3. The minimum Gasteiger partial charge on any atom is -0.373 e. The monoisotopic (exact) mass is 531 g/mol. The van der Waals surface area contributed by atoms with Gasteiger partial charge in [0.15, 0.2) is 0 Å². The maximum Gasteiger partial charge on any atom is 0.336 e. The maximum atomic E-state index is 13.9. The molecule has 8 nitrogen and oxygen atoms in total. The lowest BCUT2D eigenvalue weighted by Gasteiger charge is -2.08. The number of aryl methyl sites for hydroxylation is 1. The molecule has 1 amide bonds. The summed E-state index contributed by atoms with van der Waals surface area (Å²) in [5, 5.41) is 5.75. The van der Waals surface area contributed by atoms with Crippen molar-refractivity contribution in [2.45, 2.75) is 20.0 Å². The quantitative estimate of drug-likeness (QED) is 0.398. The Bertz CT molecular complexity index is 1490. The molecule has 0 unspecified atom stereocenters. The minimum absolute atomic E-state index is 0.0845. The van der Waals surface area contributed by atoms with Crippen molar-refractivity contribution in [2.75, 3.05) is 12.4 Å². The molecule has 0 spiro atoms. The lowest BCUT2D eigenvalue weighted by atomic mass is 10.2. The second-order valence-electron chi connectivity index (χ2n) is 7.30. The van der Waals surface area contributed by atoms with Crippen LogP contribution in [0.1, 0.15) is 26.4 Å². The summed E-state index contributed by atoms with van der Waals surface area (Å²) < 4.78 is 16.5. The molecule has 3 aromatic heterocycles. The van der Waals surface area contributed by atoms with Gasteiger partial charge in [-0.3, -0.25) is 18.6 Å². The Morgan fingerprint density at radius 2 is 2.00 bits per heavy atom. The zero-order valence-corrected chi connectivity index (χ0v) is 20.1. The molecule has 170 valence electrons. The Labute approximate surface area is 199 Å². The number of fused-ring (bicyclic) bond motifs is 1. The molecule has 4 rings (SSSR count). The molecule has 33 heavy (non-hydrogen) atoms. The Balaban J connectivity index is 1.64. The van der Waals surface area contributed by atoms with Crippen molar-refractivity contribution in [1.29, 1.82) is 0 Å². The van der Waals surface area contributed by atoms with E-state index >= 15 is 0 Å². The van der Waals surface area contributed by atoms with Crippen molar-refractivity contribution >= 4 is 43.8 Å². The number of rotatable bonds is 6. The molecule has 0 aliphatic rings. The van der Waals surface area contributed by atoms with Gasteiger partial charge in [-0.1, -0.05) is 6.07 Å². The summed E-state index contributed by atoms with van der Waals surface area (Å²) in [5.74, 6) is -0.160. The van der Waals surface area contributed by atoms with Crippen molar-refractivity contribution < 1.29 is 9.18 Å². The highest BCUT2D eigenvalue weighted by atomic mass is 79.9. The van der Waals surface area contributed by atoms with Gasteiger partial charge in [0, 0.05) is 31.5 Å². The molecule has 0 aliphatic carbocycles. The number of thiazole rings is 1. The third kappa shape index (κ3) is 4.60. The summed E-state index contributed by atoms with van der Waals surface area (Å²) in [6.45, 7) is 1.79. The lowest BCUT2D eigenvalue weighted by molar-refractivity contribution is 0.0954. The summed E-state index contributed by atoms with van der Waals surface area (Å²) >= 11 is 4.16. The molecule has 0 fully saturated rings. The normalized spacial score (nSPS) is 11.0. The molecule has 4 aromatic rings. The van der Waals surface area contributed by atoms with E-state index in [2.05, 4.69) is 31.5 Å². The Morgan fingerprint density at radius 1 is 1.21 bits per heavy atom. The van der Waals surface area contributed by atoms with Crippen LogP contribution in [0.5, 0.6) is 0 Å². The van der Waals surface area contributed by atoms with Gasteiger partial charge in [-0.05, 0) is 58.2 Å². The van der Waals surface area contributed by atoms with E-state index in [1.54, 1.807) is 32.3 Å². The van der Waals surface area contributed by atoms with Gasteiger partial charge in [0.25, 0.3) is 11.5 Å². The predicted molar refractivity (Wildman–Crippen MR) is 129 cm³/mol. The van der Waals surface area contributed by atoms with E-state index in [0.717, 1.165) is 21.5 Å². The first-order valence-corrected chi connectivity index (χ1v) is 11.5. The highest BCUT2D eigenvalue weighted by Crippen LogP contribution is 2.19. The zero-order chi connectivity index (χ0) is 23.7. The number of aromatic nitrogens is 3. The lowest BCUT2D eigenvalue weighted by Crippen LogP contribution is -2.38. The number of carbonyl (C=O) groups excluding carboxylic acids is 1. The SMILES string of the molecule is CNc1cc(CNC(=O)c2cn3c(=O)n(Cc4ccc(Br)c(F)c4)c(=O)c(C)c3s2)ccn1. The smallest absolute Gasteiger partial charge is 0.336 e. The van der Waals surface area contributed by atoms with Gasteiger partial charge in [-0.2, -0.15) is 0 Å². The van der Waals surface area contributed by atoms with E-state index in [0.29, 0.717) is 31.1 Å².